The van der Waals surface area contributed by atoms with Crippen molar-refractivity contribution in [2.75, 3.05) is 57.4 Å². The number of phenols is 1. The Morgan fingerprint density at radius 2 is 1.81 bits per heavy atom. The van der Waals surface area contributed by atoms with Gasteiger partial charge in [-0.05, 0) is 54.8 Å². The Morgan fingerprint density at radius 3 is 2.50 bits per heavy atom. The molecule has 1 aliphatic carbocycles. The van der Waals surface area contributed by atoms with Crippen LogP contribution in [0.3, 0.4) is 0 Å². The van der Waals surface area contributed by atoms with Crippen LogP contribution in [0.15, 0.2) is 30.5 Å². The normalized spacial score (nSPS) is 22.3. The van der Waals surface area contributed by atoms with Gasteiger partial charge in [-0.25, -0.2) is 4.39 Å². The van der Waals surface area contributed by atoms with Crippen LogP contribution < -0.4 is 15.0 Å². The molecular formula is C35H34F4N6O3. The van der Waals surface area contributed by atoms with Crippen molar-refractivity contribution in [1.82, 2.24) is 25.2 Å². The Hall–Kier alpha value is -4.25. The van der Waals surface area contributed by atoms with Crippen molar-refractivity contribution in [2.24, 2.45) is 5.41 Å². The van der Waals surface area contributed by atoms with Crippen LogP contribution >= 0.6 is 0 Å². The molecule has 4 aromatic rings. The van der Waals surface area contributed by atoms with E-state index in [0.717, 1.165) is 63.6 Å². The summed E-state index contributed by atoms with van der Waals surface area (Å²) in [6, 6.07) is 5.17. The van der Waals surface area contributed by atoms with Crippen LogP contribution in [0.25, 0.3) is 32.9 Å². The highest BCUT2D eigenvalue weighted by Gasteiger charge is 2.46. The minimum Gasteiger partial charge on any atom is -0.508 e. The number of benzene rings is 2. The van der Waals surface area contributed by atoms with E-state index in [1.165, 1.54) is 12.1 Å². The van der Waals surface area contributed by atoms with Crippen molar-refractivity contribution in [2.45, 2.75) is 43.9 Å². The van der Waals surface area contributed by atoms with E-state index >= 15 is 13.2 Å². The molecular weight excluding hydrogens is 628 g/mol. The number of hydrogen-bond acceptors (Lipinski definition) is 9. The second kappa shape index (κ2) is 11.7. The zero-order valence-electron chi connectivity index (χ0n) is 26.1. The number of piperazine rings is 1. The van der Waals surface area contributed by atoms with Gasteiger partial charge in [0, 0.05) is 67.4 Å². The lowest BCUT2D eigenvalue weighted by atomic mass is 9.91. The van der Waals surface area contributed by atoms with Crippen molar-refractivity contribution in [1.29, 1.82) is 0 Å². The van der Waals surface area contributed by atoms with Gasteiger partial charge in [-0.15, -0.1) is 6.42 Å². The van der Waals surface area contributed by atoms with Crippen LogP contribution in [-0.4, -0.2) is 89.6 Å². The second-order valence-electron chi connectivity index (χ2n) is 13.4. The first-order valence-electron chi connectivity index (χ1n) is 16.2. The molecule has 8 rings (SSSR count). The number of phenolic OH excluding ortho intramolecular Hbond substituents is 1. The fraction of sp³-hybridized carbons (Fsp3) is 0.457. The Kier molecular flexibility index (Phi) is 7.58. The third kappa shape index (κ3) is 5.65. The number of halogens is 4. The van der Waals surface area contributed by atoms with E-state index in [0.29, 0.717) is 26.3 Å². The molecule has 2 aromatic heterocycles. The maximum absolute atomic E-state index is 15.4. The highest BCUT2D eigenvalue weighted by molar-refractivity contribution is 6.04. The van der Waals surface area contributed by atoms with Gasteiger partial charge in [0.2, 0.25) is 0 Å². The second-order valence-corrected chi connectivity index (χ2v) is 13.4. The first-order valence-corrected chi connectivity index (χ1v) is 16.2. The number of fused-ring (bicyclic) bond motifs is 4. The molecule has 4 fully saturated rings. The summed E-state index contributed by atoms with van der Waals surface area (Å²) in [5.74, 6) is 1.48. The minimum absolute atomic E-state index is 0.0120. The number of rotatable bonds is 7. The number of morpholine rings is 1. The number of pyridine rings is 1. The summed E-state index contributed by atoms with van der Waals surface area (Å²) in [6.07, 6.45) is 5.60. The van der Waals surface area contributed by atoms with Gasteiger partial charge >= 0.3 is 12.2 Å². The molecule has 3 aliphatic heterocycles. The van der Waals surface area contributed by atoms with E-state index < -0.39 is 23.1 Å². The highest BCUT2D eigenvalue weighted by Crippen LogP contribution is 2.48. The van der Waals surface area contributed by atoms with Crippen LogP contribution in [0, 0.1) is 23.6 Å². The van der Waals surface area contributed by atoms with E-state index in [2.05, 4.69) is 26.1 Å². The molecule has 9 nitrogen and oxygen atoms in total. The standard InChI is InChI=1S/C35H34F4N6O3/c1-2-24-27(36)6-3-20-13-23(46)14-25(28(20)24)26-15-40-31-30(29(26)35(37,38)39)42-33(43-32(31)45-16-21-4-5-22(17-45)41-21)48-19-34(7-8-34)18-44-9-11-47-12-10-44/h1,3,6,13-15,21-22,41,46H,4-5,7-12,16-19H2. The SMILES string of the molecule is C#Cc1c(F)ccc2cc(O)cc(-c3cnc4c(N5CC6CCC(C5)N6)nc(OCC5(CN6CCOCC6)CC5)nc4c3C(F)(F)F)c12. The summed E-state index contributed by atoms with van der Waals surface area (Å²) in [6.45, 7) is 5.14. The van der Waals surface area contributed by atoms with Gasteiger partial charge in [0.05, 0.1) is 30.9 Å². The molecule has 2 aromatic carbocycles. The number of aromatic hydroxyl groups is 1. The third-order valence-corrected chi connectivity index (χ3v) is 10.1. The number of alkyl halides is 3. The van der Waals surface area contributed by atoms with E-state index in [9.17, 15) is 9.50 Å². The van der Waals surface area contributed by atoms with Gasteiger partial charge in [0.15, 0.2) is 5.82 Å². The lowest BCUT2D eigenvalue weighted by Gasteiger charge is -2.34. The van der Waals surface area contributed by atoms with Crippen LogP contribution in [0.2, 0.25) is 0 Å². The molecule has 48 heavy (non-hydrogen) atoms. The molecule has 0 amide bonds. The Bertz CT molecular complexity index is 1940. The molecule has 2 N–H and O–H groups in total. The van der Waals surface area contributed by atoms with Crippen LogP contribution in [0.5, 0.6) is 11.8 Å². The number of nitrogens with one attached hydrogen (secondary N) is 1. The molecule has 5 heterocycles. The first kappa shape index (κ1) is 31.0. The van der Waals surface area contributed by atoms with Crippen molar-refractivity contribution in [3.05, 3.63) is 47.4 Å². The molecule has 2 bridgehead atoms. The van der Waals surface area contributed by atoms with Crippen molar-refractivity contribution in [3.8, 4) is 35.2 Å². The largest absolute Gasteiger partial charge is 0.508 e. The van der Waals surface area contributed by atoms with Crippen molar-refractivity contribution in [3.63, 3.8) is 0 Å². The quantitative estimate of drug-likeness (QED) is 0.207. The predicted octanol–water partition coefficient (Wildman–Crippen LogP) is 5.12. The van der Waals surface area contributed by atoms with E-state index in [-0.39, 0.29) is 74.7 Å². The average molecular weight is 663 g/mol. The Morgan fingerprint density at radius 1 is 1.06 bits per heavy atom. The lowest BCUT2D eigenvalue weighted by molar-refractivity contribution is -0.135. The Balaban J connectivity index is 1.29. The average Bonchev–Trinajstić information content (AvgIpc) is 3.75. The molecule has 0 radical (unpaired) electrons. The molecule has 2 unspecified atom stereocenters. The number of terminal acetylenes is 1. The zero-order chi connectivity index (χ0) is 33.2. The summed E-state index contributed by atoms with van der Waals surface area (Å²) in [5.41, 5.74) is -2.37. The molecule has 4 aliphatic rings. The zero-order valence-corrected chi connectivity index (χ0v) is 26.1. The number of anilines is 1. The summed E-state index contributed by atoms with van der Waals surface area (Å²) >= 11 is 0. The predicted molar refractivity (Wildman–Crippen MR) is 171 cm³/mol. The summed E-state index contributed by atoms with van der Waals surface area (Å²) < 4.78 is 72.7. The van der Waals surface area contributed by atoms with Gasteiger partial charge in [-0.1, -0.05) is 12.0 Å². The first-order chi connectivity index (χ1) is 23.1. The summed E-state index contributed by atoms with van der Waals surface area (Å²) in [4.78, 5) is 18.0. The van der Waals surface area contributed by atoms with Gasteiger partial charge < -0.3 is 24.8 Å². The highest BCUT2D eigenvalue weighted by atomic mass is 19.4. The van der Waals surface area contributed by atoms with Crippen molar-refractivity contribution >= 4 is 27.6 Å². The fourth-order valence-electron chi connectivity index (χ4n) is 7.54. The lowest BCUT2D eigenvalue weighted by Crippen LogP contribution is -2.51. The summed E-state index contributed by atoms with van der Waals surface area (Å²) in [5, 5.41) is 14.5. The van der Waals surface area contributed by atoms with Crippen LogP contribution in [-0.2, 0) is 10.9 Å². The fourth-order valence-corrected chi connectivity index (χ4v) is 7.54. The molecule has 3 saturated heterocycles. The molecule has 1 saturated carbocycles. The maximum Gasteiger partial charge on any atom is 0.419 e. The number of hydrogen-bond donors (Lipinski definition) is 2. The topological polar surface area (TPSA) is 95.9 Å². The molecule has 2 atom stereocenters. The smallest absolute Gasteiger partial charge is 0.419 e. The maximum atomic E-state index is 15.4. The summed E-state index contributed by atoms with van der Waals surface area (Å²) in [7, 11) is 0. The van der Waals surface area contributed by atoms with Crippen molar-refractivity contribution < 1.29 is 32.1 Å². The molecule has 250 valence electrons. The van der Waals surface area contributed by atoms with Gasteiger partial charge in [-0.3, -0.25) is 9.88 Å². The van der Waals surface area contributed by atoms with Crippen LogP contribution in [0.4, 0.5) is 23.4 Å². The van der Waals surface area contributed by atoms with Gasteiger partial charge in [0.1, 0.15) is 22.6 Å². The number of ether oxygens (including phenoxy) is 2. The third-order valence-electron chi connectivity index (χ3n) is 10.1. The van der Waals surface area contributed by atoms with E-state index in [1.807, 2.05) is 4.90 Å². The van der Waals surface area contributed by atoms with Gasteiger partial charge in [0.25, 0.3) is 0 Å². The van der Waals surface area contributed by atoms with E-state index in [1.54, 1.807) is 0 Å². The number of aromatic nitrogens is 3. The monoisotopic (exact) mass is 662 g/mol. The molecule has 0 spiro atoms. The van der Waals surface area contributed by atoms with E-state index in [4.69, 9.17) is 20.9 Å². The Labute approximate surface area is 274 Å². The number of nitrogens with zero attached hydrogens (tertiary/aromatic N) is 5. The molecule has 13 heteroatoms. The minimum atomic E-state index is -4.93. The van der Waals surface area contributed by atoms with Crippen LogP contribution in [0.1, 0.15) is 36.8 Å². The van der Waals surface area contributed by atoms with Gasteiger partial charge in [-0.2, -0.15) is 23.1 Å².